The Morgan fingerprint density at radius 1 is 1.50 bits per heavy atom. The molecule has 1 rings (SSSR count). The average molecular weight is 271 g/mol. The lowest BCUT2D eigenvalue weighted by atomic mass is 10.1. The Bertz CT molecular complexity index is 437. The van der Waals surface area contributed by atoms with E-state index < -0.39 is 11.9 Å². The summed E-state index contributed by atoms with van der Waals surface area (Å²) in [5.74, 6) is -1.52. The Kier molecular flexibility index (Phi) is 5.58. The molecule has 0 aliphatic heterocycles. The number of carboxylic acid groups (broad SMARTS) is 1. The van der Waals surface area contributed by atoms with Gasteiger partial charge in [-0.15, -0.1) is 0 Å². The summed E-state index contributed by atoms with van der Waals surface area (Å²) in [6.45, 7) is 2.06. The van der Waals surface area contributed by atoms with Crippen LogP contribution in [0.5, 0.6) is 0 Å². The van der Waals surface area contributed by atoms with E-state index in [4.69, 9.17) is 16.7 Å². The third kappa shape index (κ3) is 4.71. The van der Waals surface area contributed by atoms with Crippen LogP contribution in [0.1, 0.15) is 30.3 Å². The van der Waals surface area contributed by atoms with Crippen molar-refractivity contribution in [3.05, 3.63) is 29.0 Å². The minimum atomic E-state index is -0.821. The summed E-state index contributed by atoms with van der Waals surface area (Å²) in [6, 6.07) is 4.81. The van der Waals surface area contributed by atoms with Gasteiger partial charge in [-0.1, -0.05) is 24.6 Å². The maximum atomic E-state index is 11.6. The van der Waals surface area contributed by atoms with Gasteiger partial charge in [-0.3, -0.25) is 9.59 Å². The number of rotatable bonds is 6. The van der Waals surface area contributed by atoms with Crippen LogP contribution in [0.15, 0.2) is 18.2 Å². The van der Waals surface area contributed by atoms with Crippen LogP contribution in [-0.4, -0.2) is 28.5 Å². The van der Waals surface area contributed by atoms with Gasteiger partial charge in [0.15, 0.2) is 0 Å². The number of nitrogens with zero attached hydrogens (tertiary/aromatic N) is 1. The quantitative estimate of drug-likeness (QED) is 0.612. The van der Waals surface area contributed by atoms with E-state index in [0.717, 1.165) is 0 Å². The monoisotopic (exact) mass is 270 g/mol. The van der Waals surface area contributed by atoms with Crippen LogP contribution < -0.4 is 5.32 Å². The summed E-state index contributed by atoms with van der Waals surface area (Å²) in [4.78, 5) is 26.1. The van der Waals surface area contributed by atoms with Crippen molar-refractivity contribution in [2.75, 3.05) is 6.54 Å². The number of pyridine rings is 1. The van der Waals surface area contributed by atoms with E-state index in [1.54, 1.807) is 25.1 Å². The van der Waals surface area contributed by atoms with Gasteiger partial charge in [-0.25, -0.2) is 4.98 Å². The fourth-order valence-corrected chi connectivity index (χ4v) is 1.52. The SMILES string of the molecule is CC(CCCNC(=O)c1cccc(Cl)n1)C(=O)O. The lowest BCUT2D eigenvalue weighted by Crippen LogP contribution is -2.26. The highest BCUT2D eigenvalue weighted by Gasteiger charge is 2.11. The number of hydrogen-bond donors (Lipinski definition) is 2. The summed E-state index contributed by atoms with van der Waals surface area (Å²) in [7, 11) is 0. The smallest absolute Gasteiger partial charge is 0.306 e. The molecule has 6 heteroatoms. The second-order valence-electron chi connectivity index (χ2n) is 3.98. The third-order valence-electron chi connectivity index (χ3n) is 2.47. The first-order valence-electron chi connectivity index (χ1n) is 5.64. The predicted molar refractivity (Wildman–Crippen MR) is 67.6 cm³/mol. The Hall–Kier alpha value is -1.62. The topological polar surface area (TPSA) is 79.3 Å². The molecule has 1 amide bonds. The van der Waals surface area contributed by atoms with E-state index in [9.17, 15) is 9.59 Å². The molecule has 0 aliphatic carbocycles. The zero-order chi connectivity index (χ0) is 13.5. The van der Waals surface area contributed by atoms with Crippen LogP contribution in [0.2, 0.25) is 5.15 Å². The van der Waals surface area contributed by atoms with E-state index >= 15 is 0 Å². The molecular formula is C12H15ClN2O3. The predicted octanol–water partition coefficient (Wildman–Crippen LogP) is 1.97. The number of carbonyl (C=O) groups excluding carboxylic acids is 1. The molecule has 1 unspecified atom stereocenters. The summed E-state index contributed by atoms with van der Waals surface area (Å²) in [6.07, 6.45) is 1.14. The third-order valence-corrected chi connectivity index (χ3v) is 2.68. The first kappa shape index (κ1) is 14.4. The first-order valence-corrected chi connectivity index (χ1v) is 6.02. The van der Waals surface area contributed by atoms with Crippen LogP contribution in [0.25, 0.3) is 0 Å². The van der Waals surface area contributed by atoms with Gasteiger partial charge < -0.3 is 10.4 Å². The van der Waals surface area contributed by atoms with Crippen LogP contribution in [0, 0.1) is 5.92 Å². The van der Waals surface area contributed by atoms with Gasteiger partial charge in [0.25, 0.3) is 5.91 Å². The number of carbonyl (C=O) groups is 2. The molecule has 0 saturated carbocycles. The molecule has 1 aromatic heterocycles. The van der Waals surface area contributed by atoms with Gasteiger partial charge in [-0.05, 0) is 25.0 Å². The molecule has 2 N–H and O–H groups in total. The molecule has 18 heavy (non-hydrogen) atoms. The van der Waals surface area contributed by atoms with Crippen LogP contribution in [0.3, 0.4) is 0 Å². The Morgan fingerprint density at radius 3 is 2.83 bits per heavy atom. The number of halogens is 1. The zero-order valence-corrected chi connectivity index (χ0v) is 10.8. The van der Waals surface area contributed by atoms with Crippen molar-refractivity contribution in [3.63, 3.8) is 0 Å². The van der Waals surface area contributed by atoms with Crippen LogP contribution >= 0.6 is 11.6 Å². The Balaban J connectivity index is 2.32. The van der Waals surface area contributed by atoms with Crippen molar-refractivity contribution < 1.29 is 14.7 Å². The van der Waals surface area contributed by atoms with Crippen molar-refractivity contribution in [2.24, 2.45) is 5.92 Å². The van der Waals surface area contributed by atoms with Gasteiger partial charge in [0.1, 0.15) is 10.8 Å². The van der Waals surface area contributed by atoms with Gasteiger partial charge >= 0.3 is 5.97 Å². The minimum Gasteiger partial charge on any atom is -0.481 e. The molecular weight excluding hydrogens is 256 g/mol. The fraction of sp³-hybridized carbons (Fsp3) is 0.417. The molecule has 0 aromatic carbocycles. The van der Waals surface area contributed by atoms with Crippen molar-refractivity contribution >= 4 is 23.5 Å². The van der Waals surface area contributed by atoms with E-state index in [0.29, 0.717) is 19.4 Å². The van der Waals surface area contributed by atoms with Gasteiger partial charge in [0.2, 0.25) is 0 Å². The van der Waals surface area contributed by atoms with E-state index in [1.807, 2.05) is 0 Å². The van der Waals surface area contributed by atoms with Crippen molar-refractivity contribution in [3.8, 4) is 0 Å². The minimum absolute atomic E-state index is 0.258. The van der Waals surface area contributed by atoms with Crippen molar-refractivity contribution in [1.29, 1.82) is 0 Å². The number of nitrogens with one attached hydrogen (secondary N) is 1. The highest BCUT2D eigenvalue weighted by molar-refractivity contribution is 6.29. The molecule has 0 saturated heterocycles. The molecule has 1 atom stereocenters. The molecule has 1 aromatic rings. The summed E-state index contributed by atoms with van der Waals surface area (Å²) in [5.41, 5.74) is 0.258. The maximum absolute atomic E-state index is 11.6. The lowest BCUT2D eigenvalue weighted by molar-refractivity contribution is -0.141. The van der Waals surface area contributed by atoms with Gasteiger partial charge in [-0.2, -0.15) is 0 Å². The number of carboxylic acids is 1. The van der Waals surface area contributed by atoms with Crippen molar-refractivity contribution in [2.45, 2.75) is 19.8 Å². The zero-order valence-electron chi connectivity index (χ0n) is 10.0. The number of aromatic nitrogens is 1. The summed E-state index contributed by atoms with van der Waals surface area (Å²) < 4.78 is 0. The highest BCUT2D eigenvalue weighted by Crippen LogP contribution is 2.06. The van der Waals surface area contributed by atoms with E-state index in [2.05, 4.69) is 10.3 Å². The number of hydrogen-bond acceptors (Lipinski definition) is 3. The van der Waals surface area contributed by atoms with E-state index in [1.165, 1.54) is 0 Å². The summed E-state index contributed by atoms with van der Waals surface area (Å²) >= 11 is 5.67. The molecule has 0 spiro atoms. The Labute approximate surface area is 110 Å². The van der Waals surface area contributed by atoms with Crippen LogP contribution in [-0.2, 0) is 4.79 Å². The molecule has 0 fully saturated rings. The lowest BCUT2D eigenvalue weighted by Gasteiger charge is -2.07. The fourth-order valence-electron chi connectivity index (χ4n) is 1.36. The average Bonchev–Trinajstić information content (AvgIpc) is 2.33. The second-order valence-corrected chi connectivity index (χ2v) is 4.37. The normalized spacial score (nSPS) is 11.9. The molecule has 0 radical (unpaired) electrons. The second kappa shape index (κ2) is 6.96. The van der Waals surface area contributed by atoms with Crippen LogP contribution in [0.4, 0.5) is 0 Å². The first-order chi connectivity index (χ1) is 8.50. The maximum Gasteiger partial charge on any atom is 0.306 e. The number of amides is 1. The van der Waals surface area contributed by atoms with Gasteiger partial charge in [0, 0.05) is 6.54 Å². The molecule has 0 bridgehead atoms. The van der Waals surface area contributed by atoms with Crippen molar-refractivity contribution in [1.82, 2.24) is 10.3 Å². The number of aliphatic carboxylic acids is 1. The highest BCUT2D eigenvalue weighted by atomic mass is 35.5. The molecule has 1 heterocycles. The molecule has 0 aliphatic rings. The largest absolute Gasteiger partial charge is 0.481 e. The summed E-state index contributed by atoms with van der Waals surface area (Å²) in [5, 5.41) is 11.6. The standard InChI is InChI=1S/C12H15ClN2O3/c1-8(12(17)18)4-3-7-14-11(16)9-5-2-6-10(13)15-9/h2,5-6,8H,3-4,7H2,1H3,(H,14,16)(H,17,18). The molecule has 98 valence electrons. The van der Waals surface area contributed by atoms with Gasteiger partial charge in [0.05, 0.1) is 5.92 Å². The Morgan fingerprint density at radius 2 is 2.22 bits per heavy atom. The molecule has 5 nitrogen and oxygen atoms in total. The van der Waals surface area contributed by atoms with E-state index in [-0.39, 0.29) is 16.8 Å².